The number of allylic oxidation sites excluding steroid dienone is 4. The van der Waals surface area contributed by atoms with E-state index in [1.807, 2.05) is 6.92 Å². The van der Waals surface area contributed by atoms with E-state index in [1.54, 1.807) is 35.2 Å². The average Bonchev–Trinajstić information content (AvgIpc) is 3.62. The van der Waals surface area contributed by atoms with Gasteiger partial charge in [-0.1, -0.05) is 48.9 Å². The van der Waals surface area contributed by atoms with Gasteiger partial charge in [-0.05, 0) is 85.3 Å². The number of carbonyl (C=O) groups is 2. The van der Waals surface area contributed by atoms with Gasteiger partial charge in [-0.15, -0.1) is 0 Å². The van der Waals surface area contributed by atoms with Crippen molar-refractivity contribution in [2.24, 2.45) is 0 Å². The third-order valence-electron chi connectivity index (χ3n) is 8.10. The Hall–Kier alpha value is -4.10. The summed E-state index contributed by atoms with van der Waals surface area (Å²) < 4.78 is 15.0. The molecule has 0 bridgehead atoms. The van der Waals surface area contributed by atoms with Crippen LogP contribution in [0.4, 0.5) is 4.39 Å². The first-order chi connectivity index (χ1) is 19.4. The van der Waals surface area contributed by atoms with Crippen molar-refractivity contribution in [3.63, 3.8) is 0 Å². The zero-order valence-electron chi connectivity index (χ0n) is 22.7. The van der Waals surface area contributed by atoms with Gasteiger partial charge >= 0.3 is 0 Å². The molecule has 6 nitrogen and oxygen atoms in total. The molecule has 1 unspecified atom stereocenters. The normalized spacial score (nSPS) is 18.1. The molecule has 1 saturated heterocycles. The van der Waals surface area contributed by atoms with Gasteiger partial charge in [0.05, 0.1) is 17.8 Å². The van der Waals surface area contributed by atoms with Crippen LogP contribution in [0.3, 0.4) is 0 Å². The van der Waals surface area contributed by atoms with Crippen molar-refractivity contribution in [1.82, 2.24) is 20.0 Å². The molecule has 2 heterocycles. The highest BCUT2D eigenvalue weighted by Crippen LogP contribution is 2.33. The Kier molecular flexibility index (Phi) is 7.30. The van der Waals surface area contributed by atoms with Crippen LogP contribution in [0.15, 0.2) is 83.9 Å². The highest BCUT2D eigenvalue weighted by molar-refractivity contribution is 6.04. The number of nitrogens with one attached hydrogen (secondary N) is 1. The molecule has 204 valence electrons. The minimum atomic E-state index is -0.294. The van der Waals surface area contributed by atoms with E-state index >= 15 is 0 Å². The van der Waals surface area contributed by atoms with Gasteiger partial charge in [-0.3, -0.25) is 19.2 Å². The largest absolute Gasteiger partial charge is 0.322 e. The van der Waals surface area contributed by atoms with Crippen molar-refractivity contribution in [1.29, 1.82) is 0 Å². The lowest BCUT2D eigenvalue weighted by atomic mass is 9.93. The fraction of sp³-hybridized carbons (Fsp3) is 0.303. The summed E-state index contributed by atoms with van der Waals surface area (Å²) in [4.78, 5) is 28.4. The zero-order chi connectivity index (χ0) is 27.6. The maximum absolute atomic E-state index is 13.3. The van der Waals surface area contributed by atoms with Crippen LogP contribution < -0.4 is 5.32 Å². The lowest BCUT2D eigenvalue weighted by Crippen LogP contribution is -2.29. The van der Waals surface area contributed by atoms with Gasteiger partial charge in [0.2, 0.25) is 0 Å². The zero-order valence-corrected chi connectivity index (χ0v) is 22.7. The molecule has 1 atom stereocenters. The first kappa shape index (κ1) is 26.1. The highest BCUT2D eigenvalue weighted by atomic mass is 19.1. The number of rotatable bonds is 7. The van der Waals surface area contributed by atoms with E-state index in [0.717, 1.165) is 30.8 Å². The van der Waals surface area contributed by atoms with Crippen molar-refractivity contribution < 1.29 is 14.0 Å². The van der Waals surface area contributed by atoms with Gasteiger partial charge in [0.25, 0.3) is 5.91 Å². The Morgan fingerprint density at radius 1 is 1.07 bits per heavy atom. The Labute approximate surface area is 233 Å². The molecule has 7 heteroatoms. The lowest BCUT2D eigenvalue weighted by Gasteiger charge is -2.26. The number of nitrogens with zero attached hydrogens (tertiary/aromatic N) is 3. The number of likely N-dealkylation sites (tertiary alicyclic amines) is 1. The van der Waals surface area contributed by atoms with Crippen LogP contribution in [0.2, 0.25) is 0 Å². The molecule has 3 aliphatic rings. The number of carbonyl (C=O) groups excluding carboxylic acids is 2. The highest BCUT2D eigenvalue weighted by Gasteiger charge is 2.24. The van der Waals surface area contributed by atoms with Crippen LogP contribution in [0, 0.1) is 5.82 Å². The summed E-state index contributed by atoms with van der Waals surface area (Å²) in [6.07, 6.45) is 13.7. The predicted molar refractivity (Wildman–Crippen MR) is 153 cm³/mol. The molecular formula is C33H33FN4O2. The van der Waals surface area contributed by atoms with Crippen LogP contribution in [-0.4, -0.2) is 39.5 Å². The Morgan fingerprint density at radius 2 is 1.88 bits per heavy atom. The fourth-order valence-electron chi connectivity index (χ4n) is 5.76. The quantitative estimate of drug-likeness (QED) is 0.416. The van der Waals surface area contributed by atoms with Crippen LogP contribution in [0.5, 0.6) is 0 Å². The molecule has 0 saturated carbocycles. The molecule has 1 aliphatic heterocycles. The average molecular weight is 537 g/mol. The smallest absolute Gasteiger partial charge is 0.258 e. The molecule has 3 aromatic rings. The van der Waals surface area contributed by atoms with E-state index in [4.69, 9.17) is 0 Å². The summed E-state index contributed by atoms with van der Waals surface area (Å²) in [5.74, 6) is -0.524. The molecule has 1 amide bonds. The first-order valence-corrected chi connectivity index (χ1v) is 14.0. The molecule has 0 spiro atoms. The van der Waals surface area contributed by atoms with Crippen molar-refractivity contribution >= 4 is 17.8 Å². The van der Waals surface area contributed by atoms with Gasteiger partial charge in [-0.2, -0.15) is 5.10 Å². The van der Waals surface area contributed by atoms with Gasteiger partial charge in [-0.25, -0.2) is 4.39 Å². The summed E-state index contributed by atoms with van der Waals surface area (Å²) in [6.45, 7) is 5.23. The molecular weight excluding hydrogens is 503 g/mol. The second-order valence-corrected chi connectivity index (χ2v) is 11.0. The maximum atomic E-state index is 13.3. The van der Waals surface area contributed by atoms with E-state index in [9.17, 15) is 14.0 Å². The number of aromatic nitrogens is 2. The van der Waals surface area contributed by atoms with Crippen molar-refractivity contribution in [2.75, 3.05) is 13.1 Å². The monoisotopic (exact) mass is 536 g/mol. The molecule has 1 aromatic heterocycles. The minimum Gasteiger partial charge on any atom is -0.322 e. The summed E-state index contributed by atoms with van der Waals surface area (Å²) in [6, 6.07) is 12.8. The molecule has 2 aliphatic carbocycles. The lowest BCUT2D eigenvalue weighted by molar-refractivity contribution is -0.114. The Balaban J connectivity index is 1.13. The van der Waals surface area contributed by atoms with Gasteiger partial charge in [0, 0.05) is 30.4 Å². The predicted octanol–water partition coefficient (Wildman–Crippen LogP) is 5.77. The standard InChI is InChI=1S/C33H33FN4O2/c1-22(24-7-9-29(34)10-8-24)38-21-28(19-35-38)33(40)36-30-11-12-32(39)31(18-30)27-16-25-6-5-23(15-26(25)17-27)20-37-13-3-2-4-14-37/h5-11,15,17-19,21-22H,2-4,12-14,16,20H2,1H3,(H,36,40). The van der Waals surface area contributed by atoms with Crippen LogP contribution >= 0.6 is 0 Å². The summed E-state index contributed by atoms with van der Waals surface area (Å²) in [7, 11) is 0. The number of benzene rings is 2. The molecule has 40 heavy (non-hydrogen) atoms. The molecule has 1 N–H and O–H groups in total. The van der Waals surface area contributed by atoms with Crippen LogP contribution in [0.1, 0.15) is 71.3 Å². The maximum Gasteiger partial charge on any atom is 0.258 e. The molecule has 1 fully saturated rings. The van der Waals surface area contributed by atoms with Gasteiger partial charge in [0.15, 0.2) is 5.78 Å². The van der Waals surface area contributed by atoms with Crippen LogP contribution in [-0.2, 0) is 17.8 Å². The fourth-order valence-corrected chi connectivity index (χ4v) is 5.76. The van der Waals surface area contributed by atoms with E-state index in [0.29, 0.717) is 23.3 Å². The van der Waals surface area contributed by atoms with Gasteiger partial charge in [0.1, 0.15) is 5.82 Å². The third-order valence-corrected chi connectivity index (χ3v) is 8.10. The van der Waals surface area contributed by atoms with Crippen molar-refractivity contribution in [3.8, 4) is 0 Å². The summed E-state index contributed by atoms with van der Waals surface area (Å²) >= 11 is 0. The number of fused-ring (bicyclic) bond motifs is 1. The number of ketones is 1. The Morgan fingerprint density at radius 3 is 2.67 bits per heavy atom. The second kappa shape index (κ2) is 11.2. The Bertz CT molecular complexity index is 1540. The first-order valence-electron chi connectivity index (χ1n) is 14.0. The van der Waals surface area contributed by atoms with Crippen molar-refractivity contribution in [2.45, 2.75) is 51.6 Å². The number of amides is 1. The SMILES string of the molecule is CC(c1ccc(F)cc1)n1cc(C(=O)NC2=CCC(=O)C(C3=Cc4cc(CN5CCCCC5)ccc4C3)=C2)cn1. The van der Waals surface area contributed by atoms with E-state index in [1.165, 1.54) is 54.3 Å². The van der Waals surface area contributed by atoms with Crippen LogP contribution in [0.25, 0.3) is 6.08 Å². The minimum absolute atomic E-state index is 0.0616. The topological polar surface area (TPSA) is 67.2 Å². The van der Waals surface area contributed by atoms with Crippen molar-refractivity contribution in [3.05, 3.63) is 117 Å². The number of piperidine rings is 1. The molecule has 2 aromatic carbocycles. The van der Waals surface area contributed by atoms with E-state index in [2.05, 4.69) is 39.6 Å². The number of hydrogen-bond acceptors (Lipinski definition) is 4. The number of halogens is 1. The number of hydrogen-bond donors (Lipinski definition) is 1. The summed E-state index contributed by atoms with van der Waals surface area (Å²) in [5, 5.41) is 7.29. The van der Waals surface area contributed by atoms with E-state index < -0.39 is 0 Å². The van der Waals surface area contributed by atoms with Gasteiger partial charge < -0.3 is 5.32 Å². The number of Topliss-reactive ketones (excluding diaryl/α,β-unsaturated/α-hetero) is 1. The van der Waals surface area contributed by atoms with E-state index in [-0.39, 0.29) is 30.0 Å². The summed E-state index contributed by atoms with van der Waals surface area (Å²) in [5.41, 5.74) is 7.29. The molecule has 6 rings (SSSR count). The molecule has 0 radical (unpaired) electrons. The second-order valence-electron chi connectivity index (χ2n) is 11.0. The third kappa shape index (κ3) is 5.61.